The van der Waals surface area contributed by atoms with Gasteiger partial charge in [-0.25, -0.2) is 0 Å². The molecule has 12 N–H and O–H groups in total. The van der Waals surface area contributed by atoms with Gasteiger partial charge in [-0.2, -0.15) is 0 Å². The molecule has 0 amide bonds. The number of ether oxygens (including phenoxy) is 1. The number of pyridine rings is 4. The predicted molar refractivity (Wildman–Crippen MR) is 504 cm³/mol. The zero-order valence-electron chi connectivity index (χ0n) is 64.6. The lowest BCUT2D eigenvalue weighted by Gasteiger charge is -2.18. The van der Waals surface area contributed by atoms with E-state index in [-0.39, 0.29) is 0 Å². The molecule has 0 aliphatic heterocycles. The van der Waals surface area contributed by atoms with E-state index in [9.17, 15) is 0 Å². The fraction of sp³-hybridized carbons (Fsp3) is 0.218. The van der Waals surface area contributed by atoms with Crippen LogP contribution in [0.5, 0.6) is 5.75 Å². The quantitative estimate of drug-likeness (QED) is 0.0171. The van der Waals surface area contributed by atoms with E-state index < -0.39 is 0 Å². The van der Waals surface area contributed by atoms with Crippen LogP contribution in [0.2, 0.25) is 20.1 Å². The lowest BCUT2D eigenvalue weighted by molar-refractivity contribution is 0.416. The number of rotatable bonds is 27. The van der Waals surface area contributed by atoms with E-state index in [1.165, 1.54) is 16.6 Å². The lowest BCUT2D eigenvalue weighted by atomic mass is 10.1. The van der Waals surface area contributed by atoms with Gasteiger partial charge in [0.2, 0.25) is 0 Å². The van der Waals surface area contributed by atoms with Crippen molar-refractivity contribution < 1.29 is 4.74 Å². The highest BCUT2D eigenvalue weighted by Gasteiger charge is 2.12. The van der Waals surface area contributed by atoms with Crippen molar-refractivity contribution in [2.45, 2.75) is 39.5 Å². The molecule has 0 radical (unpaired) electrons. The maximum absolute atomic E-state index is 6.07. The van der Waals surface area contributed by atoms with Gasteiger partial charge in [-0.3, -0.25) is 19.9 Å². The maximum Gasteiger partial charge on any atom is 0.170 e. The van der Waals surface area contributed by atoms with Gasteiger partial charge in [0.25, 0.3) is 0 Å². The van der Waals surface area contributed by atoms with Crippen LogP contribution in [0.15, 0.2) is 225 Å². The van der Waals surface area contributed by atoms with Gasteiger partial charge in [-0.1, -0.05) is 94.4 Å². The Balaban J connectivity index is 0.000000161. The monoisotopic (exact) mass is 1670 g/mol. The van der Waals surface area contributed by atoms with Gasteiger partial charge in [0, 0.05) is 209 Å². The van der Waals surface area contributed by atoms with E-state index in [2.05, 4.69) is 169 Å². The van der Waals surface area contributed by atoms with Crippen molar-refractivity contribution in [1.82, 2.24) is 41.2 Å². The van der Waals surface area contributed by atoms with Gasteiger partial charge in [-0.15, -0.1) is 0 Å². The number of halogens is 4. The third-order valence-corrected chi connectivity index (χ3v) is 19.8. The van der Waals surface area contributed by atoms with E-state index in [1.54, 1.807) is 31.9 Å². The number of fused-ring (bicyclic) bond motifs is 5. The Kier molecular flexibility index (Phi) is 33.2. The van der Waals surface area contributed by atoms with Crippen LogP contribution in [0, 0.1) is 13.8 Å². The molecular weight excluding hydrogens is 1580 g/mol. The molecule has 4 heterocycles. The van der Waals surface area contributed by atoms with Crippen molar-refractivity contribution in [3.8, 4) is 5.75 Å². The fourth-order valence-corrected chi connectivity index (χ4v) is 13.5. The highest BCUT2D eigenvalue weighted by molar-refractivity contribution is 7.81. The predicted octanol–water partition coefficient (Wildman–Crippen LogP) is 20.6. The Hall–Kier alpha value is -10.6. The average Bonchev–Trinajstić information content (AvgIpc) is 0.805. The van der Waals surface area contributed by atoms with Crippen LogP contribution in [0.25, 0.3) is 54.4 Å². The van der Waals surface area contributed by atoms with Crippen LogP contribution in [-0.4, -0.2) is 128 Å². The number of methoxy groups -OCH3 is 1. The summed E-state index contributed by atoms with van der Waals surface area (Å²) in [6, 6.07) is 65.7. The molecular formula is C87H94Cl4N18OS4. The Labute approximate surface area is 708 Å². The standard InChI is InChI=1S/C25H26ClN5S.C21H24ClN5S.C21H23ClN4OS.C20H21ClN4S/c1-31(2)24-11-10-22(18-6-3-4-7-19(18)24)30-25(32)29-14-5-13-27-21-12-15-28-23-16-17(26)8-9-20(21)23;1-27(2)17-7-5-16(6-8-17)26-21(28)25-12-3-11-23-19-10-13-24-20-14-15(22)4-9-18(19)20;1-14-4-7-18(20(12-14)27-2)26-21(28)25-10-3-9-23-17-8-11-24-19-13-15(22)5-6-16(17)19;1-14-3-6-16(7-4-14)25-20(26)24-11-2-10-22-18-9-12-23-19-13-15(21)5-8-17(18)19/h3-4,6-12,15-16H,5,13-14H2,1-2H3,(H,27,28)(H2,29,30,32);4-10,13-14H,3,11-12H2,1-2H3,(H,23,24)(H2,25,26,28);4-8,11-13H,3,9-10H2,1-2H3,(H,23,24)(H2,25,26,28);3-9,12-13H,2,10-11H2,1H3,(H,22,23)(H2,24,25,26). The maximum atomic E-state index is 6.07. The Morgan fingerprint density at radius 2 is 0.675 bits per heavy atom. The number of thiocarbonyl (C=S) groups is 4. The number of aromatic nitrogens is 4. The first-order chi connectivity index (χ1) is 55.2. The lowest BCUT2D eigenvalue weighted by Crippen LogP contribution is -2.30. The Morgan fingerprint density at radius 1 is 0.333 bits per heavy atom. The van der Waals surface area contributed by atoms with Crippen molar-refractivity contribution in [3.05, 3.63) is 256 Å². The summed E-state index contributed by atoms with van der Waals surface area (Å²) in [7, 11) is 9.80. The molecule has 0 aliphatic rings. The fourth-order valence-electron chi connectivity index (χ4n) is 12.0. The minimum atomic E-state index is 0.575. The molecule has 0 spiro atoms. The van der Waals surface area contributed by atoms with Crippen LogP contribution in [0.4, 0.5) is 56.9 Å². The summed E-state index contributed by atoms with van der Waals surface area (Å²) in [6.07, 6.45) is 10.9. The van der Waals surface area contributed by atoms with E-state index in [0.29, 0.717) is 40.5 Å². The second kappa shape index (κ2) is 44.2. The molecule has 13 rings (SSSR count). The number of aryl methyl sites for hydroxylation is 2. The molecule has 114 heavy (non-hydrogen) atoms. The molecule has 0 atom stereocenters. The molecule has 0 saturated heterocycles. The van der Waals surface area contributed by atoms with E-state index in [0.717, 1.165) is 190 Å². The van der Waals surface area contributed by atoms with Crippen molar-refractivity contribution in [2.24, 2.45) is 0 Å². The topological polar surface area (TPSA) is 212 Å². The minimum absolute atomic E-state index is 0.575. The number of hydrogen-bond acceptors (Lipinski definition) is 15. The molecule has 0 saturated carbocycles. The largest absolute Gasteiger partial charge is 0.495 e. The molecule has 590 valence electrons. The average molecular weight is 1680 g/mol. The van der Waals surface area contributed by atoms with Crippen LogP contribution in [-0.2, 0) is 0 Å². The summed E-state index contributed by atoms with van der Waals surface area (Å²) in [5, 5.41) is 51.6. The summed E-state index contributed by atoms with van der Waals surface area (Å²) in [4.78, 5) is 21.6. The van der Waals surface area contributed by atoms with Crippen molar-refractivity contribution in [3.63, 3.8) is 0 Å². The van der Waals surface area contributed by atoms with Crippen LogP contribution in [0.1, 0.15) is 36.8 Å². The Morgan fingerprint density at radius 3 is 1.04 bits per heavy atom. The summed E-state index contributed by atoms with van der Waals surface area (Å²) < 4.78 is 5.39. The molecule has 0 aliphatic carbocycles. The molecule has 13 aromatic rings. The molecule has 19 nitrogen and oxygen atoms in total. The second-order valence-electron chi connectivity index (χ2n) is 26.8. The highest BCUT2D eigenvalue weighted by Crippen LogP contribution is 2.33. The summed E-state index contributed by atoms with van der Waals surface area (Å²) in [5.41, 5.74) is 16.3. The van der Waals surface area contributed by atoms with Gasteiger partial charge in [-0.05, 0) is 252 Å². The first-order valence-electron chi connectivity index (χ1n) is 37.2. The Bertz CT molecular complexity index is 5400. The zero-order chi connectivity index (χ0) is 80.7. The summed E-state index contributed by atoms with van der Waals surface area (Å²) in [6.45, 7) is 10.5. The van der Waals surface area contributed by atoms with Crippen molar-refractivity contribution >= 4 is 227 Å². The van der Waals surface area contributed by atoms with Gasteiger partial charge in [0.1, 0.15) is 5.75 Å². The van der Waals surface area contributed by atoms with Crippen LogP contribution < -0.4 is 78.3 Å². The first kappa shape index (κ1) is 85.8. The number of nitrogens with zero attached hydrogens (tertiary/aromatic N) is 6. The van der Waals surface area contributed by atoms with Gasteiger partial charge in [0.15, 0.2) is 20.4 Å². The molecule has 0 unspecified atom stereocenters. The molecule has 4 aromatic heterocycles. The van der Waals surface area contributed by atoms with Crippen molar-refractivity contribution in [2.75, 3.05) is 140 Å². The zero-order valence-corrected chi connectivity index (χ0v) is 70.9. The van der Waals surface area contributed by atoms with Gasteiger partial charge >= 0.3 is 0 Å². The number of benzene rings is 9. The SMILES string of the molecule is CN(C)c1ccc(NC(=S)NCCCNc2ccnc3cc(Cl)ccc23)c2ccccc12.CN(C)c1ccc(NC(=S)NCCCNc2ccnc3cc(Cl)ccc23)cc1.COc1cc(C)ccc1NC(=S)NCCCNc1ccnc2cc(Cl)ccc12.Cc1ccc(NC(=S)NCCCNc2ccnc3cc(Cl)ccc23)cc1. The molecule has 0 bridgehead atoms. The number of nitrogens with one attached hydrogen (secondary N) is 12. The number of hydrogen-bond donors (Lipinski definition) is 12. The highest BCUT2D eigenvalue weighted by atomic mass is 35.5. The third kappa shape index (κ3) is 26.5. The summed E-state index contributed by atoms with van der Waals surface area (Å²) >= 11 is 45.8. The van der Waals surface area contributed by atoms with E-state index in [4.69, 9.17) is 100 Å². The molecule has 27 heteroatoms. The minimum Gasteiger partial charge on any atom is -0.495 e. The van der Waals surface area contributed by atoms with Gasteiger partial charge in [0.05, 0.1) is 34.9 Å². The molecule has 0 fully saturated rings. The molecule has 9 aromatic carbocycles. The normalized spacial score (nSPS) is 10.6. The van der Waals surface area contributed by atoms with E-state index >= 15 is 0 Å². The third-order valence-electron chi connectivity index (χ3n) is 17.8. The summed E-state index contributed by atoms with van der Waals surface area (Å²) in [5.74, 6) is 0.774. The smallest absolute Gasteiger partial charge is 0.170 e. The van der Waals surface area contributed by atoms with Gasteiger partial charge < -0.3 is 78.3 Å². The second-order valence-corrected chi connectivity index (χ2v) is 30.2. The number of anilines is 10. The van der Waals surface area contributed by atoms with Crippen LogP contribution in [0.3, 0.4) is 0 Å². The first-order valence-corrected chi connectivity index (χ1v) is 40.4. The van der Waals surface area contributed by atoms with Crippen molar-refractivity contribution in [1.29, 1.82) is 0 Å². The van der Waals surface area contributed by atoms with E-state index in [1.807, 2.05) is 167 Å². The van der Waals surface area contributed by atoms with Crippen LogP contribution >= 0.6 is 95.3 Å².